The molecular weight excluding hydrogens is 398 g/mol. The lowest BCUT2D eigenvalue weighted by Crippen LogP contribution is -2.37. The minimum atomic E-state index is 0.789. The molecule has 0 bridgehead atoms. The summed E-state index contributed by atoms with van der Waals surface area (Å²) in [5.74, 6) is 1.70. The molecule has 1 saturated carbocycles. The molecule has 1 heterocycles. The van der Waals surface area contributed by atoms with Crippen LogP contribution in [0.1, 0.15) is 47.9 Å². The van der Waals surface area contributed by atoms with Crippen LogP contribution in [0, 0.1) is 28.3 Å². The van der Waals surface area contributed by atoms with Gasteiger partial charge in [-0.15, -0.1) is 0 Å². The zero-order valence-electron chi connectivity index (χ0n) is 19.2. The van der Waals surface area contributed by atoms with Gasteiger partial charge in [0, 0.05) is 18.4 Å². The Morgan fingerprint density at radius 3 is 2.67 bits per heavy atom. The van der Waals surface area contributed by atoms with Crippen molar-refractivity contribution in [2.45, 2.75) is 44.9 Å². The zero-order chi connectivity index (χ0) is 21.8. The van der Waals surface area contributed by atoms with Gasteiger partial charge in [0.25, 0.3) is 0 Å². The number of fused-ring (bicyclic) bond motifs is 5. The van der Waals surface area contributed by atoms with Gasteiger partial charge in [0.1, 0.15) is 0 Å². The molecule has 0 amide bonds. The van der Waals surface area contributed by atoms with Crippen LogP contribution in [-0.2, 0) is 19.3 Å². The van der Waals surface area contributed by atoms with Gasteiger partial charge in [-0.1, -0.05) is 73.9 Å². The lowest BCUT2D eigenvalue weighted by atomic mass is 9.69. The van der Waals surface area contributed by atoms with E-state index in [-0.39, 0.29) is 0 Å². The highest BCUT2D eigenvalue weighted by Crippen LogP contribution is 2.41. The Morgan fingerprint density at radius 1 is 0.848 bits per heavy atom. The molecule has 3 aromatic rings. The molecule has 1 fully saturated rings. The van der Waals surface area contributed by atoms with E-state index in [1.54, 1.807) is 16.8 Å². The molecule has 0 saturated heterocycles. The maximum atomic E-state index is 3.26. The Kier molecular flexibility index (Phi) is 4.57. The number of nitrogens with zero attached hydrogens (tertiary/aromatic N) is 1. The van der Waals surface area contributed by atoms with E-state index in [2.05, 4.69) is 83.9 Å². The normalized spacial score (nSPS) is 21.2. The van der Waals surface area contributed by atoms with E-state index in [1.165, 1.54) is 64.1 Å². The van der Waals surface area contributed by atoms with Gasteiger partial charge < -0.3 is 4.90 Å². The number of benzene rings is 3. The lowest BCUT2D eigenvalue weighted by Gasteiger charge is -2.39. The smallest absolute Gasteiger partial charge is 0.0263 e. The highest BCUT2D eigenvalue weighted by atomic mass is 15.1. The van der Waals surface area contributed by atoms with Crippen LogP contribution in [0.25, 0.3) is 17.8 Å². The fourth-order valence-electron chi connectivity index (χ4n) is 6.59. The second kappa shape index (κ2) is 7.76. The molecule has 7 rings (SSSR count). The van der Waals surface area contributed by atoms with Crippen molar-refractivity contribution in [2.75, 3.05) is 6.54 Å². The summed E-state index contributed by atoms with van der Waals surface area (Å²) in [4.78, 5) is 2.58. The van der Waals surface area contributed by atoms with Gasteiger partial charge in [-0.05, 0) is 98.9 Å². The van der Waals surface area contributed by atoms with Crippen LogP contribution in [0.5, 0.6) is 0 Å². The third-order valence-corrected chi connectivity index (χ3v) is 8.65. The zero-order valence-corrected chi connectivity index (χ0v) is 19.2. The molecule has 33 heavy (non-hydrogen) atoms. The van der Waals surface area contributed by atoms with Crippen molar-refractivity contribution in [2.24, 2.45) is 11.8 Å². The minimum Gasteiger partial charge on any atom is -0.350 e. The van der Waals surface area contributed by atoms with Crippen molar-refractivity contribution < 1.29 is 0 Å². The van der Waals surface area contributed by atoms with Crippen LogP contribution < -0.4 is 10.4 Å². The van der Waals surface area contributed by atoms with Crippen molar-refractivity contribution in [1.29, 1.82) is 0 Å². The molecule has 1 radical (unpaired) electrons. The predicted molar refractivity (Wildman–Crippen MR) is 135 cm³/mol. The Hall–Kier alpha value is -3.06. The largest absolute Gasteiger partial charge is 0.350 e. The summed E-state index contributed by atoms with van der Waals surface area (Å²) < 4.78 is 0. The molecule has 1 atom stereocenters. The monoisotopic (exact) mass is 428 g/mol. The Labute approximate surface area is 196 Å². The van der Waals surface area contributed by atoms with Gasteiger partial charge in [-0.25, -0.2) is 0 Å². The molecule has 3 aromatic carbocycles. The van der Waals surface area contributed by atoms with Crippen molar-refractivity contribution in [3.05, 3.63) is 110 Å². The van der Waals surface area contributed by atoms with Crippen LogP contribution >= 0.6 is 0 Å². The van der Waals surface area contributed by atoms with E-state index in [4.69, 9.17) is 0 Å². The van der Waals surface area contributed by atoms with E-state index in [0.29, 0.717) is 0 Å². The first-order valence-electron chi connectivity index (χ1n) is 12.7. The third kappa shape index (κ3) is 3.21. The van der Waals surface area contributed by atoms with Crippen LogP contribution in [0.15, 0.2) is 60.8 Å². The molecule has 0 aromatic heterocycles. The van der Waals surface area contributed by atoms with Crippen molar-refractivity contribution in [3.63, 3.8) is 0 Å². The van der Waals surface area contributed by atoms with Crippen LogP contribution in [0.4, 0.5) is 0 Å². The fraction of sp³-hybridized carbons (Fsp3) is 0.312. The Balaban J connectivity index is 1.42. The molecular formula is C32H30N. The number of rotatable bonds is 2. The summed E-state index contributed by atoms with van der Waals surface area (Å²) in [5.41, 5.74) is 7.55. The van der Waals surface area contributed by atoms with Crippen LogP contribution in [-0.4, -0.2) is 11.4 Å². The molecule has 1 unspecified atom stereocenters. The summed E-state index contributed by atoms with van der Waals surface area (Å²) in [6.07, 6.45) is 16.0. The SMILES string of the molecule is [c]1ccc2c(c1)C=CN(C1=c3ccc4c(c3CC(C3CCC3)C1)CC=c1ccccc1=4)CC2. The fourth-order valence-corrected chi connectivity index (χ4v) is 6.59. The van der Waals surface area contributed by atoms with E-state index >= 15 is 0 Å². The standard InChI is InChI=1S/C32H30N/c1-2-7-24-17-19-33(18-16-23(24)6-1)32-21-26(22-9-5-10-22)20-31-29-13-12-25-8-3-4-11-27(25)28(29)14-15-30(31)32/h1,3-4,6-8,11-12,14-15,17,19,22,26H,5,9-10,13,16,18,20-21H2. The molecule has 1 heteroatoms. The first-order chi connectivity index (χ1) is 16.3. The quantitative estimate of drug-likeness (QED) is 0.548. The van der Waals surface area contributed by atoms with Gasteiger partial charge in [0.15, 0.2) is 0 Å². The Bertz CT molecular complexity index is 1490. The molecule has 0 spiro atoms. The highest BCUT2D eigenvalue weighted by molar-refractivity contribution is 5.60. The summed E-state index contributed by atoms with van der Waals surface area (Å²) in [5, 5.41) is 5.79. The van der Waals surface area contributed by atoms with Gasteiger partial charge in [0.05, 0.1) is 0 Å². The maximum absolute atomic E-state index is 3.26. The Morgan fingerprint density at radius 2 is 1.76 bits per heavy atom. The van der Waals surface area contributed by atoms with Gasteiger partial charge in [-0.2, -0.15) is 0 Å². The molecule has 3 aliphatic carbocycles. The number of hydrogen-bond donors (Lipinski definition) is 0. The van der Waals surface area contributed by atoms with Crippen molar-refractivity contribution >= 4 is 17.8 Å². The highest BCUT2D eigenvalue weighted by Gasteiger charge is 2.33. The van der Waals surface area contributed by atoms with Gasteiger partial charge >= 0.3 is 0 Å². The lowest BCUT2D eigenvalue weighted by molar-refractivity contribution is 0.199. The summed E-state index contributed by atoms with van der Waals surface area (Å²) >= 11 is 0. The first kappa shape index (κ1) is 19.4. The third-order valence-electron chi connectivity index (χ3n) is 8.65. The first-order valence-corrected chi connectivity index (χ1v) is 12.7. The topological polar surface area (TPSA) is 3.24 Å². The van der Waals surface area contributed by atoms with Crippen LogP contribution in [0.3, 0.4) is 0 Å². The maximum Gasteiger partial charge on any atom is 0.0263 e. The second-order valence-electron chi connectivity index (χ2n) is 10.3. The second-order valence-corrected chi connectivity index (χ2v) is 10.3. The average Bonchev–Trinajstić information content (AvgIpc) is 3.05. The van der Waals surface area contributed by atoms with E-state index in [9.17, 15) is 0 Å². The molecule has 1 nitrogen and oxygen atoms in total. The summed E-state index contributed by atoms with van der Waals surface area (Å²) in [6, 6.07) is 23.5. The predicted octanol–water partition coefficient (Wildman–Crippen LogP) is 5.11. The van der Waals surface area contributed by atoms with Crippen LogP contribution in [0.2, 0.25) is 0 Å². The van der Waals surface area contributed by atoms with Gasteiger partial charge in [0.2, 0.25) is 0 Å². The minimum absolute atomic E-state index is 0.789. The van der Waals surface area contributed by atoms with Gasteiger partial charge in [-0.3, -0.25) is 0 Å². The molecule has 1 aliphatic heterocycles. The molecule has 4 aliphatic rings. The van der Waals surface area contributed by atoms with E-state index < -0.39 is 0 Å². The number of hydrogen-bond acceptors (Lipinski definition) is 1. The van der Waals surface area contributed by atoms with Crippen molar-refractivity contribution in [3.8, 4) is 0 Å². The average molecular weight is 429 g/mol. The molecule has 163 valence electrons. The van der Waals surface area contributed by atoms with Crippen molar-refractivity contribution in [1.82, 2.24) is 4.90 Å². The summed E-state index contributed by atoms with van der Waals surface area (Å²) in [7, 11) is 0. The van der Waals surface area contributed by atoms with E-state index in [1.807, 2.05) is 0 Å². The molecule has 0 N–H and O–H groups in total. The van der Waals surface area contributed by atoms with E-state index in [0.717, 1.165) is 31.2 Å². The summed E-state index contributed by atoms with van der Waals surface area (Å²) in [6.45, 7) is 1.06.